The molecule has 1 aromatic rings. The molecule has 0 spiro atoms. The van der Waals surface area contributed by atoms with Gasteiger partial charge >= 0.3 is 0 Å². The summed E-state index contributed by atoms with van der Waals surface area (Å²) < 4.78 is 5.18. The first-order valence-electron chi connectivity index (χ1n) is 7.26. The van der Waals surface area contributed by atoms with Crippen molar-refractivity contribution in [3.8, 4) is 5.75 Å². The van der Waals surface area contributed by atoms with Crippen molar-refractivity contribution in [3.63, 3.8) is 0 Å². The molecule has 0 amide bonds. The van der Waals surface area contributed by atoms with E-state index in [1.807, 2.05) is 18.2 Å². The van der Waals surface area contributed by atoms with Crippen LogP contribution >= 0.6 is 11.6 Å². The average Bonchev–Trinajstić information content (AvgIpc) is 3.00. The van der Waals surface area contributed by atoms with Gasteiger partial charge in [-0.15, -0.1) is 0 Å². The number of ether oxygens (including phenoxy) is 1. The van der Waals surface area contributed by atoms with Crippen LogP contribution in [0.5, 0.6) is 5.75 Å². The Hall–Kier alpha value is -0.730. The second-order valence-electron chi connectivity index (χ2n) is 6.17. The number of methoxy groups -OCH3 is 1. The molecule has 2 aliphatic rings. The largest absolute Gasteiger partial charge is 0.495 e. The Morgan fingerprint density at radius 3 is 2.79 bits per heavy atom. The third-order valence-corrected chi connectivity index (χ3v) is 5.34. The van der Waals surface area contributed by atoms with E-state index in [0.717, 1.165) is 35.5 Å². The number of hydrogen-bond donors (Lipinski definition) is 1. The van der Waals surface area contributed by atoms with Gasteiger partial charge in [0, 0.05) is 6.04 Å². The zero-order valence-corrected chi connectivity index (χ0v) is 12.2. The summed E-state index contributed by atoms with van der Waals surface area (Å²) in [5.41, 5.74) is 7.50. The van der Waals surface area contributed by atoms with Crippen molar-refractivity contribution in [3.05, 3.63) is 28.8 Å². The van der Waals surface area contributed by atoms with Crippen LogP contribution in [-0.4, -0.2) is 7.11 Å². The van der Waals surface area contributed by atoms with Crippen LogP contribution < -0.4 is 10.5 Å². The van der Waals surface area contributed by atoms with Crippen LogP contribution in [0.2, 0.25) is 5.02 Å². The second kappa shape index (κ2) is 5.34. The maximum atomic E-state index is 6.37. The molecule has 2 N–H and O–H groups in total. The van der Waals surface area contributed by atoms with Gasteiger partial charge in [-0.2, -0.15) is 0 Å². The molecule has 2 fully saturated rings. The number of halogens is 1. The second-order valence-corrected chi connectivity index (χ2v) is 6.58. The van der Waals surface area contributed by atoms with Crippen LogP contribution in [0, 0.1) is 17.8 Å². The highest BCUT2D eigenvalue weighted by Crippen LogP contribution is 2.50. The van der Waals surface area contributed by atoms with Crippen molar-refractivity contribution in [2.75, 3.05) is 7.11 Å². The third kappa shape index (κ3) is 2.61. The van der Waals surface area contributed by atoms with Crippen LogP contribution in [0.1, 0.15) is 43.7 Å². The lowest BCUT2D eigenvalue weighted by Gasteiger charge is -2.25. The normalized spacial score (nSPS) is 30.6. The third-order valence-electron chi connectivity index (χ3n) is 5.05. The number of benzene rings is 1. The van der Waals surface area contributed by atoms with Crippen LogP contribution in [-0.2, 0) is 0 Å². The van der Waals surface area contributed by atoms with E-state index in [1.54, 1.807) is 7.11 Å². The first-order valence-corrected chi connectivity index (χ1v) is 7.64. The average molecular weight is 280 g/mol. The molecular weight excluding hydrogens is 258 g/mol. The molecule has 0 heterocycles. The highest BCUT2D eigenvalue weighted by Gasteiger charge is 2.39. The highest BCUT2D eigenvalue weighted by molar-refractivity contribution is 6.32. The minimum Gasteiger partial charge on any atom is -0.495 e. The Morgan fingerprint density at radius 1 is 1.37 bits per heavy atom. The summed E-state index contributed by atoms with van der Waals surface area (Å²) in [5, 5.41) is 0.656. The van der Waals surface area contributed by atoms with Gasteiger partial charge in [0.25, 0.3) is 0 Å². The standard InChI is InChI=1S/C16H22ClNO/c1-19-16-5-4-12(8-14(16)17)15(18)9-13-7-10-2-3-11(13)6-10/h4-5,8,10-11,13,15H,2-3,6-7,9,18H2,1H3. The van der Waals surface area contributed by atoms with Crippen molar-refractivity contribution < 1.29 is 4.74 Å². The molecule has 3 rings (SSSR count). The van der Waals surface area contributed by atoms with E-state index in [9.17, 15) is 0 Å². The molecule has 2 aliphatic carbocycles. The van der Waals surface area contributed by atoms with Crippen molar-refractivity contribution in [2.24, 2.45) is 23.5 Å². The van der Waals surface area contributed by atoms with Crippen molar-refractivity contribution in [2.45, 2.75) is 38.1 Å². The number of fused-ring (bicyclic) bond motifs is 2. The molecule has 3 heteroatoms. The van der Waals surface area contributed by atoms with Gasteiger partial charge < -0.3 is 10.5 Å². The van der Waals surface area contributed by atoms with E-state index in [2.05, 4.69) is 0 Å². The summed E-state index contributed by atoms with van der Waals surface area (Å²) in [7, 11) is 1.63. The first kappa shape index (κ1) is 13.3. The van der Waals surface area contributed by atoms with Gasteiger partial charge in [-0.05, 0) is 61.1 Å². The zero-order valence-electron chi connectivity index (χ0n) is 11.4. The molecule has 4 atom stereocenters. The maximum Gasteiger partial charge on any atom is 0.137 e. The molecule has 0 saturated heterocycles. The Morgan fingerprint density at radius 2 is 2.21 bits per heavy atom. The van der Waals surface area contributed by atoms with Gasteiger partial charge in [-0.3, -0.25) is 0 Å². The summed E-state index contributed by atoms with van der Waals surface area (Å²) in [6, 6.07) is 6.02. The molecule has 104 valence electrons. The summed E-state index contributed by atoms with van der Waals surface area (Å²) in [5.74, 6) is 3.47. The molecule has 0 radical (unpaired) electrons. The van der Waals surface area contributed by atoms with Crippen LogP contribution in [0.25, 0.3) is 0 Å². The van der Waals surface area contributed by atoms with E-state index >= 15 is 0 Å². The van der Waals surface area contributed by atoms with E-state index in [-0.39, 0.29) is 6.04 Å². The quantitative estimate of drug-likeness (QED) is 0.897. The molecule has 19 heavy (non-hydrogen) atoms. The van der Waals surface area contributed by atoms with Gasteiger partial charge in [-0.1, -0.05) is 24.1 Å². The first-order chi connectivity index (χ1) is 9.17. The zero-order chi connectivity index (χ0) is 13.4. The van der Waals surface area contributed by atoms with Gasteiger partial charge in [0.05, 0.1) is 12.1 Å². The van der Waals surface area contributed by atoms with E-state index in [1.165, 1.54) is 25.7 Å². The number of nitrogens with two attached hydrogens (primary N) is 1. The fourth-order valence-electron chi connectivity index (χ4n) is 4.04. The van der Waals surface area contributed by atoms with E-state index in [4.69, 9.17) is 22.1 Å². The molecule has 2 nitrogen and oxygen atoms in total. The summed E-state index contributed by atoms with van der Waals surface area (Å²) in [4.78, 5) is 0. The smallest absolute Gasteiger partial charge is 0.137 e. The Bertz CT molecular complexity index is 462. The van der Waals surface area contributed by atoms with Gasteiger partial charge in [0.2, 0.25) is 0 Å². The maximum absolute atomic E-state index is 6.37. The summed E-state index contributed by atoms with van der Waals surface area (Å²) in [6.07, 6.45) is 6.81. The topological polar surface area (TPSA) is 35.2 Å². The lowest BCUT2D eigenvalue weighted by Crippen LogP contribution is -2.19. The number of hydrogen-bond acceptors (Lipinski definition) is 2. The molecular formula is C16H22ClNO. The van der Waals surface area contributed by atoms with Crippen molar-refractivity contribution in [1.29, 1.82) is 0 Å². The highest BCUT2D eigenvalue weighted by atomic mass is 35.5. The van der Waals surface area contributed by atoms with Crippen LogP contribution in [0.15, 0.2) is 18.2 Å². The van der Waals surface area contributed by atoms with E-state index < -0.39 is 0 Å². The number of rotatable bonds is 4. The van der Waals surface area contributed by atoms with E-state index in [0.29, 0.717) is 5.02 Å². The molecule has 2 bridgehead atoms. The van der Waals surface area contributed by atoms with Crippen LogP contribution in [0.3, 0.4) is 0 Å². The predicted octanol–water partition coefficient (Wildman–Crippen LogP) is 4.17. The predicted molar refractivity (Wildman–Crippen MR) is 78.5 cm³/mol. The van der Waals surface area contributed by atoms with Gasteiger partial charge in [0.15, 0.2) is 0 Å². The molecule has 1 aromatic carbocycles. The molecule has 4 unspecified atom stereocenters. The van der Waals surface area contributed by atoms with Crippen molar-refractivity contribution in [1.82, 2.24) is 0 Å². The van der Waals surface area contributed by atoms with Crippen molar-refractivity contribution >= 4 is 11.6 Å². The lowest BCUT2D eigenvalue weighted by atomic mass is 9.83. The monoisotopic (exact) mass is 279 g/mol. The Kier molecular flexibility index (Phi) is 3.72. The minimum atomic E-state index is 0.104. The minimum absolute atomic E-state index is 0.104. The van der Waals surface area contributed by atoms with Crippen LogP contribution in [0.4, 0.5) is 0 Å². The molecule has 0 aliphatic heterocycles. The SMILES string of the molecule is COc1ccc(C(N)CC2CC3CCC2C3)cc1Cl. The molecule has 0 aromatic heterocycles. The van der Waals surface area contributed by atoms with Gasteiger partial charge in [0.1, 0.15) is 5.75 Å². The van der Waals surface area contributed by atoms with Gasteiger partial charge in [-0.25, -0.2) is 0 Å². The summed E-state index contributed by atoms with van der Waals surface area (Å²) >= 11 is 6.17. The Balaban J connectivity index is 1.67. The summed E-state index contributed by atoms with van der Waals surface area (Å²) in [6.45, 7) is 0. The fourth-order valence-corrected chi connectivity index (χ4v) is 4.31. The fraction of sp³-hybridized carbons (Fsp3) is 0.625. The molecule has 2 saturated carbocycles. The lowest BCUT2D eigenvalue weighted by molar-refractivity contribution is 0.296. The Labute approximate surface area is 120 Å².